The van der Waals surface area contributed by atoms with Crippen LogP contribution in [-0.2, 0) is 10.0 Å². The lowest BCUT2D eigenvalue weighted by Gasteiger charge is -2.13. The number of imidazole rings is 1. The zero-order valence-corrected chi connectivity index (χ0v) is 16.3. The third-order valence-electron chi connectivity index (χ3n) is 3.74. The van der Waals surface area contributed by atoms with Crippen LogP contribution in [0.4, 0.5) is 0 Å². The Morgan fingerprint density at radius 3 is 2.42 bits per heavy atom. The fourth-order valence-electron chi connectivity index (χ4n) is 2.50. The second kappa shape index (κ2) is 7.13. The van der Waals surface area contributed by atoms with Gasteiger partial charge >= 0.3 is 0 Å². The first-order chi connectivity index (χ1) is 12.3. The molecule has 3 rings (SSSR count). The minimum atomic E-state index is -3.75. The van der Waals surface area contributed by atoms with Crippen molar-refractivity contribution in [2.24, 2.45) is 0 Å². The Morgan fingerprint density at radius 1 is 1.12 bits per heavy atom. The van der Waals surface area contributed by atoms with Crippen molar-refractivity contribution >= 4 is 21.6 Å². The number of aryl methyl sites for hydroxylation is 1. The molecule has 0 N–H and O–H groups in total. The van der Waals surface area contributed by atoms with E-state index in [9.17, 15) is 8.42 Å². The van der Waals surface area contributed by atoms with Crippen molar-refractivity contribution in [1.29, 1.82) is 0 Å². The number of rotatable bonds is 5. The zero-order valence-electron chi connectivity index (χ0n) is 14.7. The quantitative estimate of drug-likeness (QED) is 0.641. The van der Waals surface area contributed by atoms with E-state index in [1.165, 1.54) is 12.4 Å². The number of halogens is 1. The summed E-state index contributed by atoms with van der Waals surface area (Å²) in [5.74, 6) is 0.841. The molecule has 2 aromatic carbocycles. The summed E-state index contributed by atoms with van der Waals surface area (Å²) in [6.45, 7) is 5.72. The molecule has 136 valence electrons. The highest BCUT2D eigenvalue weighted by molar-refractivity contribution is 7.90. The summed E-state index contributed by atoms with van der Waals surface area (Å²) in [5.41, 5.74) is 1.58. The maximum absolute atomic E-state index is 13.0. The third kappa shape index (κ3) is 3.61. The predicted octanol–water partition coefficient (Wildman–Crippen LogP) is 4.54. The fourth-order valence-corrected chi connectivity index (χ4v) is 4.03. The van der Waals surface area contributed by atoms with Gasteiger partial charge in [-0.25, -0.2) is 17.4 Å². The average molecular weight is 391 g/mol. The molecular formula is C19H19ClN2O3S. The Bertz CT molecular complexity index is 1030. The van der Waals surface area contributed by atoms with Gasteiger partial charge in [-0.1, -0.05) is 29.3 Å². The second-order valence-corrected chi connectivity index (χ2v) is 8.40. The molecule has 0 atom stereocenters. The van der Waals surface area contributed by atoms with Gasteiger partial charge in [0.2, 0.25) is 0 Å². The lowest BCUT2D eigenvalue weighted by Crippen LogP contribution is -2.13. The average Bonchev–Trinajstić information content (AvgIpc) is 3.07. The van der Waals surface area contributed by atoms with E-state index in [2.05, 4.69) is 4.98 Å². The summed E-state index contributed by atoms with van der Waals surface area (Å²) in [4.78, 5) is 4.41. The van der Waals surface area contributed by atoms with Gasteiger partial charge in [0.15, 0.2) is 5.82 Å². The van der Waals surface area contributed by atoms with Crippen LogP contribution in [0.1, 0.15) is 19.4 Å². The van der Waals surface area contributed by atoms with Crippen molar-refractivity contribution in [2.45, 2.75) is 31.8 Å². The monoisotopic (exact) mass is 390 g/mol. The molecule has 3 aromatic rings. The number of hydrogen-bond donors (Lipinski definition) is 0. The van der Waals surface area contributed by atoms with Crippen LogP contribution in [0.5, 0.6) is 5.75 Å². The largest absolute Gasteiger partial charge is 0.489 e. The van der Waals surface area contributed by atoms with Gasteiger partial charge in [-0.05, 0) is 51.1 Å². The van der Waals surface area contributed by atoms with Crippen LogP contribution in [0.3, 0.4) is 0 Å². The smallest absolute Gasteiger partial charge is 0.269 e. The zero-order chi connectivity index (χ0) is 18.9. The fraction of sp³-hybridized carbons (Fsp3) is 0.211. The number of aromatic nitrogens is 2. The number of hydrogen-bond acceptors (Lipinski definition) is 4. The Balaban J connectivity index is 2.04. The first kappa shape index (κ1) is 18.5. The maximum Gasteiger partial charge on any atom is 0.269 e. The summed E-state index contributed by atoms with van der Waals surface area (Å²) < 4.78 is 32.7. The van der Waals surface area contributed by atoms with E-state index in [1.807, 2.05) is 20.8 Å². The van der Waals surface area contributed by atoms with E-state index < -0.39 is 10.0 Å². The van der Waals surface area contributed by atoms with Crippen LogP contribution < -0.4 is 4.74 Å². The van der Waals surface area contributed by atoms with Crippen molar-refractivity contribution in [3.05, 3.63) is 65.4 Å². The molecule has 0 bridgehead atoms. The molecule has 7 heteroatoms. The van der Waals surface area contributed by atoms with E-state index in [1.54, 1.807) is 42.5 Å². The molecule has 0 radical (unpaired) electrons. The molecule has 0 amide bonds. The van der Waals surface area contributed by atoms with E-state index in [-0.39, 0.29) is 11.0 Å². The topological polar surface area (TPSA) is 61.2 Å². The first-order valence-corrected chi connectivity index (χ1v) is 9.93. The molecule has 0 aliphatic carbocycles. The highest BCUT2D eigenvalue weighted by Gasteiger charge is 2.21. The summed E-state index contributed by atoms with van der Waals surface area (Å²) in [7, 11) is -3.75. The Kier molecular flexibility index (Phi) is 5.07. The molecule has 0 aliphatic heterocycles. The summed E-state index contributed by atoms with van der Waals surface area (Å²) in [6.07, 6.45) is 2.87. The van der Waals surface area contributed by atoms with Crippen LogP contribution in [0.2, 0.25) is 5.02 Å². The van der Waals surface area contributed by atoms with Gasteiger partial charge in [0.25, 0.3) is 10.0 Å². The van der Waals surface area contributed by atoms with Crippen LogP contribution in [0.25, 0.3) is 11.4 Å². The van der Waals surface area contributed by atoms with Gasteiger partial charge in [0.1, 0.15) is 5.75 Å². The van der Waals surface area contributed by atoms with E-state index >= 15 is 0 Å². The van der Waals surface area contributed by atoms with Crippen LogP contribution >= 0.6 is 11.6 Å². The van der Waals surface area contributed by atoms with Crippen molar-refractivity contribution in [3.63, 3.8) is 0 Å². The molecule has 0 saturated carbocycles. The Labute approximate surface area is 158 Å². The van der Waals surface area contributed by atoms with E-state index in [0.717, 1.165) is 9.54 Å². The van der Waals surface area contributed by atoms with Crippen LogP contribution in [-0.4, -0.2) is 23.5 Å². The van der Waals surface area contributed by atoms with E-state index in [4.69, 9.17) is 16.3 Å². The van der Waals surface area contributed by atoms with E-state index in [0.29, 0.717) is 22.2 Å². The van der Waals surface area contributed by atoms with Gasteiger partial charge < -0.3 is 4.74 Å². The standard InChI is InChI=1S/C19H19ClN2O3S/c1-13(2)25-18-9-6-15(12-17(18)20)19-21-10-11-22(19)26(23,24)16-7-4-14(3)5-8-16/h4-13H,1-3H3. The maximum atomic E-state index is 13.0. The van der Waals surface area contributed by atoms with Gasteiger partial charge in [-0.15, -0.1) is 0 Å². The highest BCUT2D eigenvalue weighted by Crippen LogP contribution is 2.31. The third-order valence-corrected chi connectivity index (χ3v) is 5.71. The lowest BCUT2D eigenvalue weighted by molar-refractivity contribution is 0.242. The van der Waals surface area contributed by atoms with Crippen molar-refractivity contribution in [2.75, 3.05) is 0 Å². The molecule has 1 aromatic heterocycles. The molecule has 0 unspecified atom stereocenters. The summed E-state index contributed by atoms with van der Waals surface area (Å²) >= 11 is 6.28. The molecular weight excluding hydrogens is 372 g/mol. The van der Waals surface area contributed by atoms with Gasteiger partial charge in [-0.3, -0.25) is 0 Å². The molecule has 0 aliphatic rings. The lowest BCUT2D eigenvalue weighted by atomic mass is 10.2. The van der Waals surface area contributed by atoms with Gasteiger partial charge in [0.05, 0.1) is 16.0 Å². The number of ether oxygens (including phenoxy) is 1. The van der Waals surface area contributed by atoms with Crippen LogP contribution in [0.15, 0.2) is 59.8 Å². The summed E-state index contributed by atoms with van der Waals surface area (Å²) in [5, 5.41) is 0.401. The molecule has 0 spiro atoms. The molecule has 26 heavy (non-hydrogen) atoms. The van der Waals surface area contributed by atoms with Gasteiger partial charge in [0, 0.05) is 18.0 Å². The molecule has 1 heterocycles. The Morgan fingerprint density at radius 2 is 1.81 bits per heavy atom. The van der Waals surface area contributed by atoms with Crippen molar-refractivity contribution in [1.82, 2.24) is 8.96 Å². The van der Waals surface area contributed by atoms with Crippen LogP contribution in [0, 0.1) is 6.92 Å². The Hall–Kier alpha value is -2.31. The highest BCUT2D eigenvalue weighted by atomic mass is 35.5. The minimum absolute atomic E-state index is 0.0118. The van der Waals surface area contributed by atoms with Crippen molar-refractivity contribution < 1.29 is 13.2 Å². The summed E-state index contributed by atoms with van der Waals surface area (Å²) in [6, 6.07) is 11.8. The SMILES string of the molecule is Cc1ccc(S(=O)(=O)n2ccnc2-c2ccc(OC(C)C)c(Cl)c2)cc1. The first-order valence-electron chi connectivity index (χ1n) is 8.11. The second-order valence-electron chi connectivity index (χ2n) is 6.18. The predicted molar refractivity (Wildman–Crippen MR) is 102 cm³/mol. The number of benzene rings is 2. The van der Waals surface area contributed by atoms with Crippen molar-refractivity contribution in [3.8, 4) is 17.1 Å². The van der Waals surface area contributed by atoms with Gasteiger partial charge in [-0.2, -0.15) is 0 Å². The number of nitrogens with zero attached hydrogens (tertiary/aromatic N) is 2. The minimum Gasteiger partial charge on any atom is -0.489 e. The normalized spacial score (nSPS) is 11.7. The molecule has 0 fully saturated rings. The molecule has 0 saturated heterocycles. The molecule has 5 nitrogen and oxygen atoms in total.